The number of amides is 1. The molecule has 2 aromatic heterocycles. The summed E-state index contributed by atoms with van der Waals surface area (Å²) in [6.07, 6.45) is 2.56. The Morgan fingerprint density at radius 2 is 2.03 bits per heavy atom. The molecule has 0 atom stereocenters. The van der Waals surface area contributed by atoms with Gasteiger partial charge in [-0.3, -0.25) is 4.79 Å². The third-order valence-corrected chi connectivity index (χ3v) is 5.58. The highest BCUT2D eigenvalue weighted by Gasteiger charge is 2.13. The minimum absolute atomic E-state index is 0.0915. The lowest BCUT2D eigenvalue weighted by atomic mass is 10.1. The van der Waals surface area contributed by atoms with Gasteiger partial charge < -0.3 is 10.1 Å². The maximum atomic E-state index is 12.7. The van der Waals surface area contributed by atoms with Gasteiger partial charge in [0.1, 0.15) is 17.1 Å². The Labute approximate surface area is 178 Å². The number of nitrogens with zero attached hydrogens (tertiary/aromatic N) is 4. The fourth-order valence-corrected chi connectivity index (χ4v) is 4.03. The van der Waals surface area contributed by atoms with E-state index in [1.165, 1.54) is 18.1 Å². The number of aryl methyl sites for hydroxylation is 1. The number of para-hydroxylation sites is 1. The van der Waals surface area contributed by atoms with Crippen molar-refractivity contribution >= 4 is 29.1 Å². The maximum Gasteiger partial charge on any atom is 0.253 e. The summed E-state index contributed by atoms with van der Waals surface area (Å²) in [5.74, 6) is 1.21. The van der Waals surface area contributed by atoms with Crippen LogP contribution >= 0.6 is 11.8 Å². The van der Waals surface area contributed by atoms with E-state index in [-0.39, 0.29) is 12.3 Å². The molecular formula is C22H21N5O2S. The van der Waals surface area contributed by atoms with Gasteiger partial charge in [0, 0.05) is 10.6 Å². The average molecular weight is 420 g/mol. The molecule has 0 radical (unpaired) electrons. The number of fused-ring (bicyclic) bond motifs is 1. The molecule has 0 spiro atoms. The predicted octanol–water partition coefficient (Wildman–Crippen LogP) is 4.03. The van der Waals surface area contributed by atoms with Crippen LogP contribution in [0.25, 0.3) is 5.78 Å². The Hall–Kier alpha value is -3.39. The Kier molecular flexibility index (Phi) is 5.94. The first-order valence-electron chi connectivity index (χ1n) is 9.55. The Morgan fingerprint density at radius 3 is 2.87 bits per heavy atom. The molecule has 152 valence electrons. The minimum atomic E-state index is -0.0915. The number of hydrogen-bond donors (Lipinski definition) is 1. The quantitative estimate of drug-likeness (QED) is 0.456. The fourth-order valence-electron chi connectivity index (χ4n) is 3.02. The lowest BCUT2D eigenvalue weighted by Gasteiger charge is -2.12. The fraction of sp³-hybridized carbons (Fsp3) is 0.182. The van der Waals surface area contributed by atoms with Gasteiger partial charge in [0.25, 0.3) is 5.78 Å². The first-order valence-corrected chi connectivity index (χ1v) is 10.4. The van der Waals surface area contributed by atoms with Crippen molar-refractivity contribution in [3.63, 3.8) is 0 Å². The summed E-state index contributed by atoms with van der Waals surface area (Å²) < 4.78 is 6.94. The second-order valence-corrected chi connectivity index (χ2v) is 7.65. The number of methoxy groups -OCH3 is 1. The molecular weight excluding hydrogens is 398 g/mol. The van der Waals surface area contributed by atoms with Crippen molar-refractivity contribution in [2.75, 3.05) is 12.4 Å². The SMILES string of the molecule is CCc1cc(Sc2ccccc2NC(=O)Cc2cccc(OC)c2)n2ncnc2n1. The number of nitrogens with one attached hydrogen (secondary N) is 1. The first kappa shape index (κ1) is 19.9. The number of anilines is 1. The van der Waals surface area contributed by atoms with Crippen LogP contribution in [0.15, 0.2) is 70.8 Å². The number of ether oxygens (including phenoxy) is 1. The normalized spacial score (nSPS) is 10.9. The van der Waals surface area contributed by atoms with E-state index in [1.54, 1.807) is 11.6 Å². The smallest absolute Gasteiger partial charge is 0.253 e. The van der Waals surface area contributed by atoms with E-state index in [0.717, 1.165) is 39.0 Å². The van der Waals surface area contributed by atoms with Gasteiger partial charge in [-0.05, 0) is 42.3 Å². The molecule has 0 unspecified atom stereocenters. The number of benzene rings is 2. The molecule has 4 aromatic rings. The molecule has 2 aromatic carbocycles. The minimum Gasteiger partial charge on any atom is -0.497 e. The van der Waals surface area contributed by atoms with E-state index in [2.05, 4.69) is 27.3 Å². The molecule has 1 N–H and O–H groups in total. The highest BCUT2D eigenvalue weighted by atomic mass is 32.2. The van der Waals surface area contributed by atoms with Crippen LogP contribution in [0.1, 0.15) is 18.2 Å². The van der Waals surface area contributed by atoms with Crippen LogP contribution in [0.3, 0.4) is 0 Å². The summed E-state index contributed by atoms with van der Waals surface area (Å²) in [4.78, 5) is 22.3. The number of carbonyl (C=O) groups is 1. The van der Waals surface area contributed by atoms with Crippen molar-refractivity contribution in [1.29, 1.82) is 0 Å². The molecule has 0 aliphatic carbocycles. The molecule has 0 aliphatic rings. The molecule has 8 heteroatoms. The van der Waals surface area contributed by atoms with E-state index in [0.29, 0.717) is 5.78 Å². The number of aromatic nitrogens is 4. The third kappa shape index (κ3) is 4.44. The molecule has 0 aliphatic heterocycles. The summed E-state index contributed by atoms with van der Waals surface area (Å²) in [7, 11) is 1.61. The van der Waals surface area contributed by atoms with Crippen LogP contribution in [0.5, 0.6) is 5.75 Å². The summed E-state index contributed by atoms with van der Waals surface area (Å²) in [6, 6.07) is 17.2. The van der Waals surface area contributed by atoms with Crippen LogP contribution in [0.2, 0.25) is 0 Å². The van der Waals surface area contributed by atoms with Crippen molar-refractivity contribution in [2.45, 2.75) is 29.7 Å². The molecule has 2 heterocycles. The second-order valence-electron chi connectivity index (χ2n) is 6.59. The van der Waals surface area contributed by atoms with Crippen molar-refractivity contribution in [3.8, 4) is 5.75 Å². The standard InChI is InChI=1S/C22H21N5O2S/c1-3-16-13-21(27-22(25-16)23-14-24-27)30-19-10-5-4-9-18(19)26-20(28)12-15-7-6-8-17(11-15)29-2/h4-11,13-14H,3,12H2,1-2H3,(H,26,28). The van der Waals surface area contributed by atoms with Crippen LogP contribution < -0.4 is 10.1 Å². The molecule has 30 heavy (non-hydrogen) atoms. The summed E-state index contributed by atoms with van der Waals surface area (Å²) in [6.45, 7) is 2.05. The van der Waals surface area contributed by atoms with Gasteiger partial charge in [0.2, 0.25) is 5.91 Å². The summed E-state index contributed by atoms with van der Waals surface area (Å²) >= 11 is 1.52. The molecule has 1 amide bonds. The van der Waals surface area contributed by atoms with Gasteiger partial charge in [-0.2, -0.15) is 14.6 Å². The summed E-state index contributed by atoms with van der Waals surface area (Å²) in [5, 5.41) is 8.19. The average Bonchev–Trinajstić information content (AvgIpc) is 3.24. The molecule has 0 saturated carbocycles. The molecule has 0 saturated heterocycles. The van der Waals surface area contributed by atoms with Crippen LogP contribution in [0, 0.1) is 0 Å². The van der Waals surface area contributed by atoms with E-state index in [9.17, 15) is 4.79 Å². The van der Waals surface area contributed by atoms with Crippen molar-refractivity contribution < 1.29 is 9.53 Å². The van der Waals surface area contributed by atoms with Gasteiger partial charge >= 0.3 is 0 Å². The largest absolute Gasteiger partial charge is 0.497 e. The van der Waals surface area contributed by atoms with Gasteiger partial charge in [-0.25, -0.2) is 4.98 Å². The Balaban J connectivity index is 1.56. The van der Waals surface area contributed by atoms with E-state index in [4.69, 9.17) is 4.74 Å². The number of carbonyl (C=O) groups excluding carboxylic acids is 1. The zero-order valence-electron chi connectivity index (χ0n) is 16.7. The predicted molar refractivity (Wildman–Crippen MR) is 116 cm³/mol. The van der Waals surface area contributed by atoms with Crippen LogP contribution in [0.4, 0.5) is 5.69 Å². The van der Waals surface area contributed by atoms with Crippen molar-refractivity contribution in [3.05, 3.63) is 72.2 Å². The molecule has 0 bridgehead atoms. The number of rotatable bonds is 7. The topological polar surface area (TPSA) is 81.4 Å². The van der Waals surface area contributed by atoms with E-state index < -0.39 is 0 Å². The van der Waals surface area contributed by atoms with Crippen molar-refractivity contribution in [1.82, 2.24) is 19.6 Å². The van der Waals surface area contributed by atoms with E-state index in [1.807, 2.05) is 54.6 Å². The van der Waals surface area contributed by atoms with Gasteiger partial charge in [0.15, 0.2) is 0 Å². The Bertz CT molecular complexity index is 1190. The first-order chi connectivity index (χ1) is 14.7. The molecule has 4 rings (SSSR count). The lowest BCUT2D eigenvalue weighted by Crippen LogP contribution is -2.15. The molecule has 7 nitrogen and oxygen atoms in total. The monoisotopic (exact) mass is 419 g/mol. The highest BCUT2D eigenvalue weighted by Crippen LogP contribution is 2.33. The summed E-state index contributed by atoms with van der Waals surface area (Å²) in [5.41, 5.74) is 2.58. The van der Waals surface area contributed by atoms with Gasteiger partial charge in [0.05, 0.1) is 19.2 Å². The second kappa shape index (κ2) is 8.96. The lowest BCUT2D eigenvalue weighted by molar-refractivity contribution is -0.115. The Morgan fingerprint density at radius 1 is 1.17 bits per heavy atom. The van der Waals surface area contributed by atoms with E-state index >= 15 is 0 Å². The molecule has 0 fully saturated rings. The number of hydrogen-bond acceptors (Lipinski definition) is 6. The van der Waals surface area contributed by atoms with Gasteiger partial charge in [-0.15, -0.1) is 0 Å². The van der Waals surface area contributed by atoms with Crippen molar-refractivity contribution in [2.24, 2.45) is 0 Å². The zero-order valence-corrected chi connectivity index (χ0v) is 17.5. The van der Waals surface area contributed by atoms with Gasteiger partial charge in [-0.1, -0.05) is 43.0 Å². The maximum absolute atomic E-state index is 12.7. The highest BCUT2D eigenvalue weighted by molar-refractivity contribution is 7.99. The zero-order chi connectivity index (χ0) is 20.9. The van der Waals surface area contributed by atoms with Crippen LogP contribution in [-0.4, -0.2) is 32.6 Å². The van der Waals surface area contributed by atoms with Crippen LogP contribution in [-0.2, 0) is 17.6 Å². The third-order valence-electron chi connectivity index (χ3n) is 4.51.